The Labute approximate surface area is 219 Å². The summed E-state index contributed by atoms with van der Waals surface area (Å²) >= 11 is 13.5. The van der Waals surface area contributed by atoms with Crippen LogP contribution in [0.2, 0.25) is 10.0 Å². The maximum absolute atomic E-state index is 12.9. The predicted molar refractivity (Wildman–Crippen MR) is 142 cm³/mol. The van der Waals surface area contributed by atoms with E-state index in [-0.39, 0.29) is 23.5 Å². The van der Waals surface area contributed by atoms with Crippen molar-refractivity contribution in [3.8, 4) is 0 Å². The van der Waals surface area contributed by atoms with Crippen LogP contribution >= 0.6 is 35.0 Å². The smallest absolute Gasteiger partial charge is 0.253 e. The van der Waals surface area contributed by atoms with E-state index in [1.54, 1.807) is 48.5 Å². The Hall–Kier alpha value is -2.81. The molecule has 2 amide bonds. The number of anilines is 1. The van der Waals surface area contributed by atoms with Crippen molar-refractivity contribution in [1.29, 1.82) is 0 Å². The van der Waals surface area contributed by atoms with E-state index >= 15 is 0 Å². The van der Waals surface area contributed by atoms with E-state index in [0.717, 1.165) is 5.56 Å². The molecular weight excluding hydrogens is 505 g/mol. The normalized spacial score (nSPS) is 11.8. The van der Waals surface area contributed by atoms with Crippen LogP contribution in [-0.4, -0.2) is 32.3 Å². The minimum absolute atomic E-state index is 0.0169. The van der Waals surface area contributed by atoms with Gasteiger partial charge in [0.2, 0.25) is 5.91 Å². The maximum Gasteiger partial charge on any atom is 0.253 e. The van der Waals surface area contributed by atoms with Crippen molar-refractivity contribution in [2.45, 2.75) is 38.5 Å². The molecule has 0 bridgehead atoms. The van der Waals surface area contributed by atoms with Gasteiger partial charge in [-0.3, -0.25) is 9.59 Å². The van der Waals surface area contributed by atoms with Crippen LogP contribution in [0.5, 0.6) is 0 Å². The first-order valence-electron chi connectivity index (χ1n) is 11.0. The second kappa shape index (κ2) is 12.2. The van der Waals surface area contributed by atoms with Gasteiger partial charge in [-0.2, -0.15) is 0 Å². The molecule has 0 aliphatic rings. The molecule has 1 heterocycles. The molecule has 0 saturated carbocycles. The number of nitrogens with zero attached hydrogens (tertiary/aromatic N) is 3. The number of benzene rings is 2. The number of allylic oxidation sites excluding steroid dienone is 1. The van der Waals surface area contributed by atoms with E-state index in [0.29, 0.717) is 38.8 Å². The van der Waals surface area contributed by atoms with Crippen LogP contribution in [0, 0.1) is 12.8 Å². The Morgan fingerprint density at radius 2 is 1.91 bits per heavy atom. The largest absolute Gasteiger partial charge is 0.342 e. The quantitative estimate of drug-likeness (QED) is 0.249. The first kappa shape index (κ1) is 26.8. The van der Waals surface area contributed by atoms with Crippen molar-refractivity contribution in [2.24, 2.45) is 5.92 Å². The molecule has 10 heteroatoms. The fraction of sp³-hybridized carbons (Fsp3) is 0.280. The third-order valence-electron chi connectivity index (χ3n) is 5.20. The molecule has 0 radical (unpaired) electrons. The second-order valence-electron chi connectivity index (χ2n) is 8.21. The third-order valence-corrected chi connectivity index (χ3v) is 6.73. The summed E-state index contributed by atoms with van der Waals surface area (Å²) < 4.78 is 1.86. The number of thioether (sulfide) groups is 1. The van der Waals surface area contributed by atoms with E-state index in [1.165, 1.54) is 11.8 Å². The Kier molecular flexibility index (Phi) is 9.37. The first-order valence-corrected chi connectivity index (χ1v) is 12.7. The van der Waals surface area contributed by atoms with E-state index in [9.17, 15) is 9.59 Å². The van der Waals surface area contributed by atoms with Crippen LogP contribution < -0.4 is 10.6 Å². The number of carbonyl (C=O) groups excluding carboxylic acids is 2. The van der Waals surface area contributed by atoms with Crippen LogP contribution in [0.3, 0.4) is 0 Å². The molecule has 3 rings (SSSR count). The highest BCUT2D eigenvalue weighted by Gasteiger charge is 2.27. The fourth-order valence-electron chi connectivity index (χ4n) is 3.41. The molecule has 1 aromatic heterocycles. The molecule has 0 aliphatic carbocycles. The van der Waals surface area contributed by atoms with Crippen LogP contribution in [0.15, 0.2) is 60.3 Å². The van der Waals surface area contributed by atoms with Gasteiger partial charge in [-0.15, -0.1) is 16.8 Å². The zero-order valence-electron chi connectivity index (χ0n) is 19.7. The van der Waals surface area contributed by atoms with Gasteiger partial charge in [0, 0.05) is 17.3 Å². The van der Waals surface area contributed by atoms with E-state index < -0.39 is 6.04 Å². The summed E-state index contributed by atoms with van der Waals surface area (Å²) in [7, 11) is 0. The number of rotatable bonds is 10. The van der Waals surface area contributed by atoms with Gasteiger partial charge in [0.1, 0.15) is 0 Å². The number of hydrogen-bond acceptors (Lipinski definition) is 5. The van der Waals surface area contributed by atoms with E-state index in [1.807, 2.05) is 25.3 Å². The number of hydrogen-bond donors (Lipinski definition) is 2. The lowest BCUT2D eigenvalue weighted by Crippen LogP contribution is -2.34. The standard InChI is InChI=1S/C25H27Cl2N5O2S/c1-5-12-32-23(22(15(2)3)29-24(34)18-8-6-7-9-19(18)27)30-31-25(32)35-14-21(33)28-20-11-10-17(26)13-16(20)4/h5-11,13,15,22H,1,12,14H2,2-4H3,(H,28,33)(H,29,34). The third kappa shape index (κ3) is 6.87. The van der Waals surface area contributed by atoms with Crippen LogP contribution in [0.1, 0.15) is 41.6 Å². The minimum Gasteiger partial charge on any atom is -0.342 e. The number of aromatic nitrogens is 3. The van der Waals surface area contributed by atoms with Crippen LogP contribution in [-0.2, 0) is 11.3 Å². The highest BCUT2D eigenvalue weighted by molar-refractivity contribution is 7.99. The molecule has 184 valence electrons. The maximum atomic E-state index is 12.9. The summed E-state index contributed by atoms with van der Waals surface area (Å²) in [5.41, 5.74) is 1.97. The minimum atomic E-state index is -0.425. The highest BCUT2D eigenvalue weighted by atomic mass is 35.5. The molecular formula is C25H27Cl2N5O2S. The Morgan fingerprint density at radius 3 is 2.57 bits per heavy atom. The lowest BCUT2D eigenvalue weighted by Gasteiger charge is -2.23. The van der Waals surface area contributed by atoms with Gasteiger partial charge in [0.25, 0.3) is 5.91 Å². The molecule has 2 N–H and O–H groups in total. The SMILES string of the molecule is C=CCn1c(SCC(=O)Nc2ccc(Cl)cc2C)nnc1C(NC(=O)c1ccccc1Cl)C(C)C. The molecule has 0 saturated heterocycles. The first-order chi connectivity index (χ1) is 16.7. The molecule has 0 spiro atoms. The lowest BCUT2D eigenvalue weighted by atomic mass is 10.0. The number of amides is 2. The van der Waals surface area contributed by atoms with Gasteiger partial charge in [0.15, 0.2) is 11.0 Å². The lowest BCUT2D eigenvalue weighted by molar-refractivity contribution is -0.113. The van der Waals surface area contributed by atoms with Gasteiger partial charge in [-0.25, -0.2) is 0 Å². The molecule has 0 aliphatic heterocycles. The van der Waals surface area contributed by atoms with Crippen LogP contribution in [0.4, 0.5) is 5.69 Å². The Balaban J connectivity index is 1.76. The van der Waals surface area contributed by atoms with E-state index in [4.69, 9.17) is 23.2 Å². The summed E-state index contributed by atoms with van der Waals surface area (Å²) in [6.45, 7) is 10.1. The topological polar surface area (TPSA) is 88.9 Å². The van der Waals surface area contributed by atoms with E-state index in [2.05, 4.69) is 27.4 Å². The van der Waals surface area contributed by atoms with Gasteiger partial charge < -0.3 is 15.2 Å². The van der Waals surface area contributed by atoms with Gasteiger partial charge in [0.05, 0.1) is 22.4 Å². The molecule has 1 unspecified atom stereocenters. The summed E-state index contributed by atoms with van der Waals surface area (Å²) in [4.78, 5) is 25.5. The van der Waals surface area contributed by atoms with Crippen molar-refractivity contribution in [3.05, 3.63) is 82.1 Å². The fourth-order valence-corrected chi connectivity index (χ4v) is 4.62. The van der Waals surface area contributed by atoms with Crippen LogP contribution in [0.25, 0.3) is 0 Å². The average Bonchev–Trinajstić information content (AvgIpc) is 3.20. The number of halogens is 2. The Morgan fingerprint density at radius 1 is 1.17 bits per heavy atom. The Bertz CT molecular complexity index is 1230. The molecule has 35 heavy (non-hydrogen) atoms. The van der Waals surface area contributed by atoms with Crippen molar-refractivity contribution in [2.75, 3.05) is 11.1 Å². The summed E-state index contributed by atoms with van der Waals surface area (Å²) in [6.07, 6.45) is 1.72. The summed E-state index contributed by atoms with van der Waals surface area (Å²) in [5.74, 6) is 0.257. The molecule has 3 aromatic rings. The number of aryl methyl sites for hydroxylation is 1. The average molecular weight is 532 g/mol. The summed E-state index contributed by atoms with van der Waals surface area (Å²) in [6, 6.07) is 11.7. The summed E-state index contributed by atoms with van der Waals surface area (Å²) in [5, 5.41) is 16.1. The zero-order valence-corrected chi connectivity index (χ0v) is 22.0. The molecule has 7 nitrogen and oxygen atoms in total. The molecule has 0 fully saturated rings. The van der Waals surface area contributed by atoms with Gasteiger partial charge >= 0.3 is 0 Å². The van der Waals surface area contributed by atoms with Crippen molar-refractivity contribution >= 4 is 52.5 Å². The highest BCUT2D eigenvalue weighted by Crippen LogP contribution is 2.27. The monoisotopic (exact) mass is 531 g/mol. The van der Waals surface area contributed by atoms with Crippen molar-refractivity contribution in [1.82, 2.24) is 20.1 Å². The van der Waals surface area contributed by atoms with Crippen molar-refractivity contribution < 1.29 is 9.59 Å². The second-order valence-corrected chi connectivity index (χ2v) is 10.00. The van der Waals surface area contributed by atoms with Gasteiger partial charge in [-0.05, 0) is 48.7 Å². The van der Waals surface area contributed by atoms with Gasteiger partial charge in [-0.1, -0.05) is 67.0 Å². The number of nitrogens with one attached hydrogen (secondary N) is 2. The zero-order chi connectivity index (χ0) is 25.5. The number of carbonyl (C=O) groups is 2. The molecule has 2 aromatic carbocycles. The molecule has 1 atom stereocenters. The van der Waals surface area contributed by atoms with Crippen molar-refractivity contribution in [3.63, 3.8) is 0 Å². The predicted octanol–water partition coefficient (Wildman–Crippen LogP) is 5.94.